The van der Waals surface area contributed by atoms with Crippen LogP contribution in [-0.4, -0.2) is 33.4 Å². The fourth-order valence-corrected chi connectivity index (χ4v) is 5.88. The molecule has 0 N–H and O–H groups in total. The molecule has 0 aliphatic rings. The summed E-state index contributed by atoms with van der Waals surface area (Å²) in [5, 5.41) is 0. The minimum Gasteiger partial charge on any atom is -0.371 e. The zero-order chi connectivity index (χ0) is 18.2. The van der Waals surface area contributed by atoms with E-state index >= 15 is 0 Å². The van der Waals surface area contributed by atoms with Gasteiger partial charge in [0.15, 0.2) is 5.79 Å². The molecule has 1 rings (SSSR count). The molecule has 0 radical (unpaired) electrons. The lowest BCUT2D eigenvalue weighted by atomic mass is 10.2. The molecule has 24 heavy (non-hydrogen) atoms. The number of ether oxygens (including phenoxy) is 1. The molecule has 0 spiro atoms. The van der Waals surface area contributed by atoms with Gasteiger partial charge in [-0.2, -0.15) is 0 Å². The highest BCUT2D eigenvalue weighted by atomic mass is 28.4. The Kier molecular flexibility index (Phi) is 8.60. The lowest BCUT2D eigenvalue weighted by molar-refractivity contribution is -0.191. The van der Waals surface area contributed by atoms with Gasteiger partial charge < -0.3 is 18.0 Å². The van der Waals surface area contributed by atoms with Gasteiger partial charge in [-0.15, -0.1) is 0 Å². The summed E-state index contributed by atoms with van der Waals surface area (Å²) in [4.78, 5) is 0. The Labute approximate surface area is 148 Å². The minimum absolute atomic E-state index is 0.0149. The first-order chi connectivity index (χ1) is 11.2. The van der Waals surface area contributed by atoms with Crippen LogP contribution in [0.4, 0.5) is 0 Å². The quantitative estimate of drug-likeness (QED) is 0.425. The van der Waals surface area contributed by atoms with Crippen LogP contribution in [0.5, 0.6) is 0 Å². The number of rotatable bonds is 11. The monoisotopic (exact) mass is 354 g/mol. The zero-order valence-electron chi connectivity index (χ0n) is 16.3. The van der Waals surface area contributed by atoms with E-state index in [-0.39, 0.29) is 12.2 Å². The molecule has 0 bridgehead atoms. The number of hydrogen-bond donors (Lipinski definition) is 0. The largest absolute Gasteiger partial charge is 0.508 e. The number of benzene rings is 1. The Balaban J connectivity index is 3.09. The summed E-state index contributed by atoms with van der Waals surface area (Å²) in [7, 11) is -2.97. The fraction of sp³-hybridized carbons (Fsp3) is 0.684. The summed E-state index contributed by atoms with van der Waals surface area (Å²) in [5.41, 5.74) is 1.15. The van der Waals surface area contributed by atoms with Crippen LogP contribution in [0.2, 0.25) is 0 Å². The van der Waals surface area contributed by atoms with Crippen molar-refractivity contribution in [3.8, 4) is 0 Å². The third kappa shape index (κ3) is 7.90. The highest BCUT2D eigenvalue weighted by Crippen LogP contribution is 2.27. The maximum absolute atomic E-state index is 6.43. The van der Waals surface area contributed by atoms with Gasteiger partial charge in [0.1, 0.15) is 0 Å². The molecular weight excluding hydrogens is 320 g/mol. The molecular formula is C19H34O4Si. The normalized spacial score (nSPS) is 13.0. The van der Waals surface area contributed by atoms with Crippen LogP contribution in [0, 0.1) is 0 Å². The van der Waals surface area contributed by atoms with Gasteiger partial charge in [0.05, 0.1) is 0 Å². The lowest BCUT2D eigenvalue weighted by Crippen LogP contribution is -2.56. The SMILES string of the molecule is CCCOC(C)(C)O[Si](Cc1ccccc1)(OC(C)C)OC(C)C. The summed E-state index contributed by atoms with van der Waals surface area (Å²) in [6, 6.07) is 10.9. The first kappa shape index (κ1) is 21.3. The fourth-order valence-electron chi connectivity index (χ4n) is 2.51. The predicted octanol–water partition coefficient (Wildman–Crippen LogP) is 4.74. The second-order valence-electron chi connectivity index (χ2n) is 7.03. The summed E-state index contributed by atoms with van der Waals surface area (Å²) in [6.45, 7) is 14.6. The third-order valence-corrected chi connectivity index (χ3v) is 6.45. The Bertz CT molecular complexity index is 450. The Morgan fingerprint density at radius 3 is 1.96 bits per heavy atom. The van der Waals surface area contributed by atoms with Crippen LogP contribution >= 0.6 is 0 Å². The van der Waals surface area contributed by atoms with Crippen molar-refractivity contribution in [3.63, 3.8) is 0 Å². The van der Waals surface area contributed by atoms with E-state index in [4.69, 9.17) is 18.0 Å². The van der Waals surface area contributed by atoms with Crippen LogP contribution in [0.25, 0.3) is 0 Å². The van der Waals surface area contributed by atoms with Crippen molar-refractivity contribution >= 4 is 8.80 Å². The molecule has 0 saturated heterocycles. The number of hydrogen-bond acceptors (Lipinski definition) is 4. The smallest absolute Gasteiger partial charge is 0.371 e. The maximum atomic E-state index is 6.43. The van der Waals surface area contributed by atoms with Crippen molar-refractivity contribution in [2.24, 2.45) is 0 Å². The predicted molar refractivity (Wildman–Crippen MR) is 99.7 cm³/mol. The van der Waals surface area contributed by atoms with Crippen molar-refractivity contribution in [1.82, 2.24) is 0 Å². The molecule has 0 atom stereocenters. The molecule has 0 aromatic heterocycles. The Morgan fingerprint density at radius 2 is 1.50 bits per heavy atom. The molecule has 0 fully saturated rings. The van der Waals surface area contributed by atoms with E-state index in [1.54, 1.807) is 0 Å². The molecule has 4 nitrogen and oxygen atoms in total. The zero-order valence-corrected chi connectivity index (χ0v) is 17.3. The molecule has 1 aromatic carbocycles. The van der Waals surface area contributed by atoms with Crippen molar-refractivity contribution in [3.05, 3.63) is 35.9 Å². The maximum Gasteiger partial charge on any atom is 0.508 e. The Hall–Kier alpha value is -0.723. The summed E-state index contributed by atoms with van der Waals surface area (Å²) < 4.78 is 24.9. The van der Waals surface area contributed by atoms with E-state index in [9.17, 15) is 0 Å². The molecule has 1 aromatic rings. The molecule has 5 heteroatoms. The van der Waals surface area contributed by atoms with E-state index in [2.05, 4.69) is 19.1 Å². The van der Waals surface area contributed by atoms with E-state index < -0.39 is 14.6 Å². The molecule has 0 amide bonds. The summed E-state index contributed by atoms with van der Waals surface area (Å²) >= 11 is 0. The second kappa shape index (κ2) is 9.68. The molecule has 0 saturated carbocycles. The van der Waals surface area contributed by atoms with Gasteiger partial charge in [-0.25, -0.2) is 0 Å². The highest BCUT2D eigenvalue weighted by molar-refractivity contribution is 6.60. The van der Waals surface area contributed by atoms with Gasteiger partial charge in [0.25, 0.3) is 0 Å². The lowest BCUT2D eigenvalue weighted by Gasteiger charge is -2.39. The second-order valence-corrected chi connectivity index (χ2v) is 9.42. The van der Waals surface area contributed by atoms with Crippen molar-refractivity contribution in [1.29, 1.82) is 0 Å². The summed E-state index contributed by atoms with van der Waals surface area (Å²) in [5.74, 6) is -0.749. The van der Waals surface area contributed by atoms with E-state index in [1.807, 2.05) is 59.7 Å². The van der Waals surface area contributed by atoms with E-state index in [0.29, 0.717) is 12.7 Å². The van der Waals surface area contributed by atoms with Crippen LogP contribution in [0.1, 0.15) is 60.5 Å². The first-order valence-corrected chi connectivity index (χ1v) is 10.8. The molecule has 0 aliphatic heterocycles. The van der Waals surface area contributed by atoms with Crippen molar-refractivity contribution in [2.75, 3.05) is 6.61 Å². The van der Waals surface area contributed by atoms with Gasteiger partial charge in [0.2, 0.25) is 0 Å². The Morgan fingerprint density at radius 1 is 0.958 bits per heavy atom. The van der Waals surface area contributed by atoms with E-state index in [1.165, 1.54) is 0 Å². The van der Waals surface area contributed by atoms with Crippen LogP contribution in [0.3, 0.4) is 0 Å². The average molecular weight is 355 g/mol. The topological polar surface area (TPSA) is 36.9 Å². The van der Waals surface area contributed by atoms with Gasteiger partial charge in [-0.3, -0.25) is 0 Å². The first-order valence-electron chi connectivity index (χ1n) is 8.91. The minimum atomic E-state index is -2.97. The average Bonchev–Trinajstić information content (AvgIpc) is 2.43. The molecule has 0 aliphatic carbocycles. The van der Waals surface area contributed by atoms with Gasteiger partial charge in [-0.05, 0) is 53.5 Å². The molecule has 0 heterocycles. The van der Waals surface area contributed by atoms with Crippen LogP contribution < -0.4 is 0 Å². The molecule has 138 valence electrons. The van der Waals surface area contributed by atoms with Crippen LogP contribution in [0.15, 0.2) is 30.3 Å². The van der Waals surface area contributed by atoms with E-state index in [0.717, 1.165) is 12.0 Å². The highest BCUT2D eigenvalue weighted by Gasteiger charge is 2.48. The van der Waals surface area contributed by atoms with Crippen LogP contribution in [-0.2, 0) is 24.1 Å². The van der Waals surface area contributed by atoms with Gasteiger partial charge >= 0.3 is 8.80 Å². The molecule has 0 unspecified atom stereocenters. The van der Waals surface area contributed by atoms with Gasteiger partial charge in [0, 0.05) is 24.9 Å². The summed E-state index contributed by atoms with van der Waals surface area (Å²) in [6.07, 6.45) is 0.970. The van der Waals surface area contributed by atoms with Gasteiger partial charge in [-0.1, -0.05) is 37.3 Å². The standard InChI is InChI=1S/C19H34O4Si/c1-8-14-20-19(6,7)23-24(21-16(2)3,22-17(4)5)15-18-12-10-9-11-13-18/h9-13,16-17H,8,14-15H2,1-7H3. The van der Waals surface area contributed by atoms with Crippen molar-refractivity contribution < 1.29 is 18.0 Å². The van der Waals surface area contributed by atoms with Crippen molar-refractivity contribution in [2.45, 2.75) is 78.9 Å². The third-order valence-electron chi connectivity index (χ3n) is 3.15.